The smallest absolute Gasteiger partial charge is 0.248 e. The highest BCUT2D eigenvalue weighted by Gasteiger charge is 2.78. The van der Waals surface area contributed by atoms with Gasteiger partial charge in [-0.2, -0.15) is 0 Å². The predicted molar refractivity (Wildman–Crippen MR) is 159 cm³/mol. The predicted octanol–water partition coefficient (Wildman–Crippen LogP) is 3.94. The molecular formula is C33H47N3O5. The SMILES string of the molecule is C=CCN(Cc1ccccc1)C(=O)C1N(CCCCCO)C(=O)[C@@H]2[C@H](C(=O)N(CC=C)CCC)[C@]3(CC)CCC12O3. The van der Waals surface area contributed by atoms with Gasteiger partial charge in [0.1, 0.15) is 11.6 Å². The summed E-state index contributed by atoms with van der Waals surface area (Å²) in [5.74, 6) is -1.74. The van der Waals surface area contributed by atoms with E-state index in [2.05, 4.69) is 13.2 Å². The maximum absolute atomic E-state index is 14.6. The van der Waals surface area contributed by atoms with E-state index in [1.165, 1.54) is 0 Å². The molecule has 5 atom stereocenters. The van der Waals surface area contributed by atoms with Gasteiger partial charge < -0.3 is 24.5 Å². The Labute approximate surface area is 245 Å². The van der Waals surface area contributed by atoms with Crippen molar-refractivity contribution in [1.82, 2.24) is 14.7 Å². The third kappa shape index (κ3) is 5.61. The van der Waals surface area contributed by atoms with Gasteiger partial charge in [0.15, 0.2) is 0 Å². The van der Waals surface area contributed by atoms with Gasteiger partial charge in [-0.3, -0.25) is 14.4 Å². The van der Waals surface area contributed by atoms with Crippen LogP contribution in [-0.2, 0) is 25.7 Å². The number of carbonyl (C=O) groups is 3. The minimum atomic E-state index is -1.05. The molecule has 1 aromatic rings. The first-order chi connectivity index (χ1) is 19.8. The molecule has 3 aliphatic heterocycles. The lowest BCUT2D eigenvalue weighted by Gasteiger charge is -2.37. The second-order valence-corrected chi connectivity index (χ2v) is 11.7. The Balaban J connectivity index is 1.75. The van der Waals surface area contributed by atoms with Crippen LogP contribution in [0.3, 0.4) is 0 Å². The standard InChI is InChI=1S/C33H47N3O5/c1-5-19-34(20-6-2)29(38)26-27-30(39)36(22-13-10-14-23-37)28(33(27)18-17-32(26,8-4)41-33)31(40)35(21-7-3)24-25-15-11-9-12-16-25/h5,7,9,11-12,15-16,26-28,37H,1,3,6,8,10,13-14,17-24H2,2,4H3/t26-,27+,28?,32+,33?/m1/s1. The van der Waals surface area contributed by atoms with Crippen LogP contribution in [0.4, 0.5) is 0 Å². The van der Waals surface area contributed by atoms with Gasteiger partial charge in [-0.05, 0) is 50.5 Å². The van der Waals surface area contributed by atoms with Gasteiger partial charge in [-0.15, -0.1) is 13.2 Å². The number of nitrogens with zero attached hydrogens (tertiary/aromatic N) is 3. The molecule has 3 heterocycles. The van der Waals surface area contributed by atoms with Crippen LogP contribution in [0.5, 0.6) is 0 Å². The summed E-state index contributed by atoms with van der Waals surface area (Å²) in [7, 11) is 0. The zero-order valence-electron chi connectivity index (χ0n) is 24.8. The molecule has 3 aliphatic rings. The van der Waals surface area contributed by atoms with E-state index in [1.54, 1.807) is 26.9 Å². The molecule has 1 aromatic carbocycles. The average molecular weight is 566 g/mol. The molecule has 3 amide bonds. The molecule has 0 radical (unpaired) electrons. The summed E-state index contributed by atoms with van der Waals surface area (Å²) in [6.07, 6.45) is 8.07. The zero-order valence-corrected chi connectivity index (χ0v) is 24.8. The van der Waals surface area contributed by atoms with E-state index < -0.39 is 29.1 Å². The average Bonchev–Trinajstić information content (AvgIpc) is 3.58. The second kappa shape index (κ2) is 13.3. The van der Waals surface area contributed by atoms with Gasteiger partial charge in [-0.25, -0.2) is 0 Å². The Kier molecular flexibility index (Phi) is 10.1. The van der Waals surface area contributed by atoms with Crippen LogP contribution in [0.1, 0.15) is 64.4 Å². The van der Waals surface area contributed by atoms with E-state index in [-0.39, 0.29) is 24.3 Å². The van der Waals surface area contributed by atoms with E-state index in [0.29, 0.717) is 64.8 Å². The number of fused-ring (bicyclic) bond motifs is 1. The van der Waals surface area contributed by atoms with Crippen molar-refractivity contribution in [2.75, 3.05) is 32.8 Å². The van der Waals surface area contributed by atoms with E-state index in [4.69, 9.17) is 4.74 Å². The van der Waals surface area contributed by atoms with Gasteiger partial charge in [-0.1, -0.05) is 56.3 Å². The van der Waals surface area contributed by atoms with Crippen LogP contribution >= 0.6 is 0 Å². The number of carbonyl (C=O) groups excluding carboxylic acids is 3. The summed E-state index contributed by atoms with van der Waals surface area (Å²) in [6.45, 7) is 14.0. The first-order valence-corrected chi connectivity index (χ1v) is 15.3. The minimum absolute atomic E-state index is 0.0749. The molecule has 4 rings (SSSR count). The van der Waals surface area contributed by atoms with E-state index in [0.717, 1.165) is 18.4 Å². The summed E-state index contributed by atoms with van der Waals surface area (Å²) >= 11 is 0. The van der Waals surface area contributed by atoms with Crippen molar-refractivity contribution in [3.63, 3.8) is 0 Å². The number of unbranched alkanes of at least 4 members (excludes halogenated alkanes) is 2. The van der Waals surface area contributed by atoms with Gasteiger partial charge in [0, 0.05) is 39.3 Å². The molecule has 3 saturated heterocycles. The van der Waals surface area contributed by atoms with Crippen LogP contribution in [0, 0.1) is 11.8 Å². The quantitative estimate of drug-likeness (QED) is 0.242. The molecule has 41 heavy (non-hydrogen) atoms. The molecule has 0 aliphatic carbocycles. The molecule has 8 heteroatoms. The molecular weight excluding hydrogens is 518 g/mol. The van der Waals surface area contributed by atoms with Crippen molar-refractivity contribution in [3.05, 3.63) is 61.2 Å². The highest BCUT2D eigenvalue weighted by Crippen LogP contribution is 2.64. The summed E-state index contributed by atoms with van der Waals surface area (Å²) in [4.78, 5) is 48.5. The molecule has 224 valence electrons. The topological polar surface area (TPSA) is 90.4 Å². The van der Waals surface area contributed by atoms with Crippen molar-refractivity contribution in [2.24, 2.45) is 11.8 Å². The number of aliphatic hydroxyl groups is 1. The highest BCUT2D eigenvalue weighted by atomic mass is 16.5. The fraction of sp³-hybridized carbons (Fsp3) is 0.606. The highest BCUT2D eigenvalue weighted by molar-refractivity contribution is 5.99. The molecule has 0 aromatic heterocycles. The van der Waals surface area contributed by atoms with Crippen LogP contribution < -0.4 is 0 Å². The van der Waals surface area contributed by atoms with E-state index in [9.17, 15) is 19.5 Å². The second-order valence-electron chi connectivity index (χ2n) is 11.7. The molecule has 1 N–H and O–H groups in total. The monoisotopic (exact) mass is 565 g/mol. The summed E-state index contributed by atoms with van der Waals surface area (Å²) in [5.41, 5.74) is -0.830. The molecule has 0 saturated carbocycles. The van der Waals surface area contributed by atoms with E-state index in [1.807, 2.05) is 44.2 Å². The molecule has 2 unspecified atom stereocenters. The minimum Gasteiger partial charge on any atom is -0.396 e. The summed E-state index contributed by atoms with van der Waals surface area (Å²) < 4.78 is 6.95. The lowest BCUT2D eigenvalue weighted by molar-refractivity contribution is -0.155. The molecule has 2 bridgehead atoms. The lowest BCUT2D eigenvalue weighted by Crippen LogP contribution is -2.56. The molecule has 1 spiro atoms. The third-order valence-electron chi connectivity index (χ3n) is 9.27. The van der Waals surface area contributed by atoms with Gasteiger partial charge in [0.05, 0.1) is 17.4 Å². The van der Waals surface area contributed by atoms with Crippen LogP contribution in [-0.4, -0.2) is 87.6 Å². The first kappa shape index (κ1) is 31.0. The number of hydrogen-bond acceptors (Lipinski definition) is 5. The van der Waals surface area contributed by atoms with Crippen molar-refractivity contribution >= 4 is 17.7 Å². The lowest BCUT2D eigenvalue weighted by atomic mass is 9.64. The normalized spacial score (nSPS) is 28.0. The maximum atomic E-state index is 14.6. The Hall–Kier alpha value is -2.97. The molecule has 3 fully saturated rings. The maximum Gasteiger partial charge on any atom is 0.248 e. The van der Waals surface area contributed by atoms with Crippen LogP contribution in [0.15, 0.2) is 55.6 Å². The number of amides is 3. The van der Waals surface area contributed by atoms with Gasteiger partial charge >= 0.3 is 0 Å². The van der Waals surface area contributed by atoms with Crippen molar-refractivity contribution in [2.45, 2.75) is 82.6 Å². The number of hydrogen-bond donors (Lipinski definition) is 1. The zero-order chi connectivity index (χ0) is 29.6. The van der Waals surface area contributed by atoms with Crippen molar-refractivity contribution < 1.29 is 24.2 Å². The Morgan fingerprint density at radius 3 is 2.39 bits per heavy atom. The Morgan fingerprint density at radius 1 is 1.05 bits per heavy atom. The number of likely N-dealkylation sites (tertiary alicyclic amines) is 1. The summed E-state index contributed by atoms with van der Waals surface area (Å²) in [6, 6.07) is 8.98. The number of aliphatic hydroxyl groups excluding tert-OH is 1. The fourth-order valence-electron chi connectivity index (χ4n) is 7.46. The fourth-order valence-corrected chi connectivity index (χ4v) is 7.46. The largest absolute Gasteiger partial charge is 0.396 e. The number of ether oxygens (including phenoxy) is 1. The van der Waals surface area contributed by atoms with Crippen molar-refractivity contribution in [3.8, 4) is 0 Å². The Morgan fingerprint density at radius 2 is 1.76 bits per heavy atom. The van der Waals surface area contributed by atoms with Gasteiger partial charge in [0.25, 0.3) is 0 Å². The Bertz CT molecular complexity index is 1110. The first-order valence-electron chi connectivity index (χ1n) is 15.3. The van der Waals surface area contributed by atoms with Crippen LogP contribution in [0.25, 0.3) is 0 Å². The third-order valence-corrected chi connectivity index (χ3v) is 9.27. The summed E-state index contributed by atoms with van der Waals surface area (Å²) in [5, 5.41) is 9.31. The van der Waals surface area contributed by atoms with Gasteiger partial charge in [0.2, 0.25) is 17.7 Å². The number of benzene rings is 1. The van der Waals surface area contributed by atoms with E-state index >= 15 is 0 Å². The van der Waals surface area contributed by atoms with Crippen molar-refractivity contribution in [1.29, 1.82) is 0 Å². The number of rotatable bonds is 16. The van der Waals surface area contributed by atoms with Crippen LogP contribution in [0.2, 0.25) is 0 Å². The molecule has 8 nitrogen and oxygen atoms in total.